The minimum absolute atomic E-state index is 0.123. The molecule has 2 heterocycles. The Hall–Kier alpha value is -0.160. The van der Waals surface area contributed by atoms with Crippen molar-refractivity contribution in [2.24, 2.45) is 23.2 Å². The minimum atomic E-state index is 0.123. The van der Waals surface area contributed by atoms with Gasteiger partial charge in [0.1, 0.15) is 12.7 Å². The molecular formula is C21H36O4. The summed E-state index contributed by atoms with van der Waals surface area (Å²) in [5, 5.41) is 0. The van der Waals surface area contributed by atoms with E-state index in [9.17, 15) is 0 Å². The topological polar surface area (TPSA) is 43.5 Å². The highest BCUT2D eigenvalue weighted by atomic mass is 16.8. The molecule has 0 bridgehead atoms. The van der Waals surface area contributed by atoms with Crippen molar-refractivity contribution in [1.29, 1.82) is 0 Å². The van der Waals surface area contributed by atoms with Crippen LogP contribution in [0.2, 0.25) is 0 Å². The average Bonchev–Trinajstić information content (AvgIpc) is 3.54. The molecule has 2 aliphatic heterocycles. The molecule has 4 fully saturated rings. The van der Waals surface area contributed by atoms with E-state index in [1.165, 1.54) is 51.4 Å². The summed E-state index contributed by atoms with van der Waals surface area (Å²) in [5.74, 6) is 2.50. The zero-order valence-corrected chi connectivity index (χ0v) is 16.1. The fourth-order valence-corrected chi connectivity index (χ4v) is 5.17. The Morgan fingerprint density at radius 3 is 1.92 bits per heavy atom. The van der Waals surface area contributed by atoms with E-state index in [0.29, 0.717) is 17.6 Å². The van der Waals surface area contributed by atoms with Gasteiger partial charge in [0.25, 0.3) is 0 Å². The molecule has 4 aliphatic rings. The summed E-state index contributed by atoms with van der Waals surface area (Å²) in [5.41, 5.74) is 0.468. The molecule has 4 rings (SSSR count). The highest BCUT2D eigenvalue weighted by molar-refractivity contribution is 4.91. The second-order valence-corrected chi connectivity index (χ2v) is 9.40. The van der Waals surface area contributed by atoms with Gasteiger partial charge in [-0.3, -0.25) is 0 Å². The third-order valence-corrected chi connectivity index (χ3v) is 7.37. The van der Waals surface area contributed by atoms with Crippen LogP contribution in [0.4, 0.5) is 0 Å². The first-order chi connectivity index (χ1) is 12.1. The summed E-state index contributed by atoms with van der Waals surface area (Å²) < 4.78 is 22.2. The summed E-state index contributed by atoms with van der Waals surface area (Å²) >= 11 is 0. The monoisotopic (exact) mass is 352 g/mol. The molecule has 2 aliphatic carbocycles. The van der Waals surface area contributed by atoms with Crippen molar-refractivity contribution in [3.05, 3.63) is 0 Å². The maximum Gasteiger partial charge on any atom is 0.181 e. The van der Waals surface area contributed by atoms with Crippen LogP contribution in [0, 0.1) is 23.2 Å². The lowest BCUT2D eigenvalue weighted by molar-refractivity contribution is -0.0285. The molecule has 0 aromatic heterocycles. The smallest absolute Gasteiger partial charge is 0.181 e. The maximum absolute atomic E-state index is 6.03. The third kappa shape index (κ3) is 4.97. The van der Waals surface area contributed by atoms with Gasteiger partial charge in [-0.2, -0.15) is 0 Å². The number of ether oxygens (including phenoxy) is 4. The first-order valence-corrected chi connectivity index (χ1v) is 10.6. The Labute approximate surface area is 152 Å². The van der Waals surface area contributed by atoms with Crippen molar-refractivity contribution in [3.63, 3.8) is 0 Å². The quantitative estimate of drug-likeness (QED) is 0.615. The van der Waals surface area contributed by atoms with Crippen LogP contribution < -0.4 is 0 Å². The molecule has 2 atom stereocenters. The van der Waals surface area contributed by atoms with Crippen LogP contribution in [0.25, 0.3) is 0 Å². The number of epoxide rings is 2. The van der Waals surface area contributed by atoms with E-state index in [1.54, 1.807) is 0 Å². The van der Waals surface area contributed by atoms with Crippen LogP contribution in [0.1, 0.15) is 65.2 Å². The summed E-state index contributed by atoms with van der Waals surface area (Å²) in [6, 6.07) is 0. The number of hydrogen-bond acceptors (Lipinski definition) is 4. The third-order valence-electron chi connectivity index (χ3n) is 7.37. The van der Waals surface area contributed by atoms with Crippen LogP contribution in [0.15, 0.2) is 0 Å². The van der Waals surface area contributed by atoms with Gasteiger partial charge in [-0.1, -0.05) is 13.8 Å². The molecule has 0 aromatic carbocycles. The van der Waals surface area contributed by atoms with Crippen LogP contribution >= 0.6 is 0 Å². The first-order valence-electron chi connectivity index (χ1n) is 10.6. The number of rotatable bonds is 8. The van der Waals surface area contributed by atoms with Crippen molar-refractivity contribution >= 4 is 0 Å². The molecule has 2 saturated heterocycles. The van der Waals surface area contributed by atoms with E-state index in [-0.39, 0.29) is 6.29 Å². The minimum Gasteiger partial charge on any atom is -0.375 e. The molecule has 4 heteroatoms. The molecule has 0 amide bonds. The van der Waals surface area contributed by atoms with Crippen molar-refractivity contribution in [2.75, 3.05) is 26.4 Å². The average molecular weight is 353 g/mol. The molecule has 0 aromatic rings. The Kier molecular flexibility index (Phi) is 5.71. The van der Waals surface area contributed by atoms with E-state index in [1.807, 2.05) is 0 Å². The fraction of sp³-hybridized carbons (Fsp3) is 1.00. The van der Waals surface area contributed by atoms with Gasteiger partial charge < -0.3 is 18.9 Å². The van der Waals surface area contributed by atoms with Gasteiger partial charge in [-0.15, -0.1) is 0 Å². The first kappa shape index (κ1) is 18.2. The summed E-state index contributed by atoms with van der Waals surface area (Å²) in [6.45, 7) is 8.51. The van der Waals surface area contributed by atoms with Gasteiger partial charge in [0.15, 0.2) is 6.29 Å². The molecule has 144 valence electrons. The SMILES string of the molecule is CC(C)(C1CCC(COC2CO2)CC1)C1CCC(OCC2CO2)CC1. The van der Waals surface area contributed by atoms with Gasteiger partial charge in [0.05, 0.1) is 25.9 Å². The molecule has 0 spiro atoms. The highest BCUT2D eigenvalue weighted by Crippen LogP contribution is 2.49. The van der Waals surface area contributed by atoms with E-state index in [0.717, 1.165) is 44.2 Å². The molecule has 2 unspecified atom stereocenters. The van der Waals surface area contributed by atoms with E-state index in [2.05, 4.69) is 13.8 Å². The summed E-state index contributed by atoms with van der Waals surface area (Å²) in [6.07, 6.45) is 11.6. The van der Waals surface area contributed by atoms with Gasteiger partial charge >= 0.3 is 0 Å². The Balaban J connectivity index is 1.18. The predicted molar refractivity (Wildman–Crippen MR) is 96.4 cm³/mol. The molecule has 4 nitrogen and oxygen atoms in total. The van der Waals surface area contributed by atoms with E-state index in [4.69, 9.17) is 18.9 Å². The van der Waals surface area contributed by atoms with Gasteiger partial charge in [0.2, 0.25) is 0 Å². The van der Waals surface area contributed by atoms with E-state index >= 15 is 0 Å². The summed E-state index contributed by atoms with van der Waals surface area (Å²) in [4.78, 5) is 0. The van der Waals surface area contributed by atoms with Crippen molar-refractivity contribution in [1.82, 2.24) is 0 Å². The highest BCUT2D eigenvalue weighted by Gasteiger charge is 2.41. The van der Waals surface area contributed by atoms with Gasteiger partial charge in [0, 0.05) is 0 Å². The molecule has 0 N–H and O–H groups in total. The van der Waals surface area contributed by atoms with Crippen LogP contribution in [-0.4, -0.2) is 44.9 Å². The fourth-order valence-electron chi connectivity index (χ4n) is 5.17. The molecule has 0 radical (unpaired) electrons. The lowest BCUT2D eigenvalue weighted by Crippen LogP contribution is -2.38. The lowest BCUT2D eigenvalue weighted by Gasteiger charge is -2.46. The van der Waals surface area contributed by atoms with Crippen LogP contribution in [-0.2, 0) is 18.9 Å². The standard InChI is InChI=1S/C21H36O4/c1-21(2,16-5-3-15(4-6-16)11-24-20-14-25-20)17-7-9-18(10-8-17)22-12-19-13-23-19/h15-20H,3-14H2,1-2H3. The van der Waals surface area contributed by atoms with Gasteiger partial charge in [-0.25, -0.2) is 0 Å². The van der Waals surface area contributed by atoms with Gasteiger partial charge in [-0.05, 0) is 74.5 Å². The second kappa shape index (κ2) is 7.84. The molecule has 2 saturated carbocycles. The second-order valence-electron chi connectivity index (χ2n) is 9.40. The van der Waals surface area contributed by atoms with Crippen molar-refractivity contribution in [2.45, 2.75) is 83.7 Å². The van der Waals surface area contributed by atoms with Crippen LogP contribution in [0.3, 0.4) is 0 Å². The van der Waals surface area contributed by atoms with E-state index < -0.39 is 0 Å². The Morgan fingerprint density at radius 1 is 0.760 bits per heavy atom. The lowest BCUT2D eigenvalue weighted by atomic mass is 9.60. The van der Waals surface area contributed by atoms with Crippen LogP contribution in [0.5, 0.6) is 0 Å². The Bertz CT molecular complexity index is 376. The molecule has 25 heavy (non-hydrogen) atoms. The number of hydrogen-bond donors (Lipinski definition) is 0. The normalized spacial score (nSPS) is 41.5. The zero-order chi connectivity index (χ0) is 17.3. The molecular weight excluding hydrogens is 316 g/mol. The predicted octanol–water partition coefficient (Wildman–Crippen LogP) is 4.17. The largest absolute Gasteiger partial charge is 0.375 e. The maximum atomic E-state index is 6.03. The van der Waals surface area contributed by atoms with Crippen molar-refractivity contribution < 1.29 is 18.9 Å². The summed E-state index contributed by atoms with van der Waals surface area (Å²) in [7, 11) is 0. The van der Waals surface area contributed by atoms with Crippen molar-refractivity contribution in [3.8, 4) is 0 Å². The Morgan fingerprint density at radius 2 is 1.36 bits per heavy atom. The zero-order valence-electron chi connectivity index (χ0n) is 16.1.